The maximum atomic E-state index is 9.43. The molecule has 0 amide bonds. The summed E-state index contributed by atoms with van der Waals surface area (Å²) in [5.74, 6) is 0. The smallest absolute Gasteiger partial charge is 0.101 e. The molecule has 0 aromatic heterocycles. The Kier molecular flexibility index (Phi) is 7.32. The predicted molar refractivity (Wildman–Crippen MR) is 101 cm³/mol. The fourth-order valence-electron chi connectivity index (χ4n) is 2.57. The van der Waals surface area contributed by atoms with E-state index in [4.69, 9.17) is 5.21 Å². The van der Waals surface area contributed by atoms with Crippen molar-refractivity contribution in [3.8, 4) is 0 Å². The molecule has 0 heterocycles. The molecule has 0 spiro atoms. The zero-order valence-electron chi connectivity index (χ0n) is 14.5. The van der Waals surface area contributed by atoms with E-state index in [1.807, 2.05) is 65.6 Å². The van der Waals surface area contributed by atoms with Crippen LogP contribution < -0.4 is 0 Å². The average molecular weight is 354 g/mol. The van der Waals surface area contributed by atoms with E-state index in [1.54, 1.807) is 6.92 Å². The van der Waals surface area contributed by atoms with E-state index < -0.39 is 0 Å². The first kappa shape index (κ1) is 19.1. The molecule has 0 fully saturated rings. The average Bonchev–Trinajstić information content (AvgIpc) is 2.70. The molecular formula is C19H22N4O3. The third-order valence-electron chi connectivity index (χ3n) is 3.83. The van der Waals surface area contributed by atoms with Gasteiger partial charge in [-0.3, -0.25) is 4.90 Å². The fourth-order valence-corrected chi connectivity index (χ4v) is 2.57. The standard InChI is InChI=1S/C19H22N4O3/c1-15(20-24)12-23(13-18(21-25)16-8-4-2-5-9-16)14-19(22-26)17-10-6-3-7-11-17/h2-11,24-26H,12-14H2,1H3/b20-15-,21-18-,22-19+. The van der Waals surface area contributed by atoms with Crippen molar-refractivity contribution >= 4 is 17.1 Å². The Morgan fingerprint density at radius 1 is 0.692 bits per heavy atom. The highest BCUT2D eigenvalue weighted by Gasteiger charge is 2.16. The summed E-state index contributed by atoms with van der Waals surface area (Å²) in [5, 5.41) is 37.9. The highest BCUT2D eigenvalue weighted by atomic mass is 16.4. The minimum Gasteiger partial charge on any atom is -0.411 e. The minimum atomic E-state index is 0.277. The van der Waals surface area contributed by atoms with Gasteiger partial charge in [-0.05, 0) is 6.92 Å². The van der Waals surface area contributed by atoms with Crippen molar-refractivity contribution in [2.24, 2.45) is 15.5 Å². The van der Waals surface area contributed by atoms with Gasteiger partial charge in [-0.2, -0.15) is 0 Å². The van der Waals surface area contributed by atoms with Crippen LogP contribution in [0, 0.1) is 0 Å². The highest BCUT2D eigenvalue weighted by molar-refractivity contribution is 6.04. The molecule has 0 unspecified atom stereocenters. The molecule has 0 bridgehead atoms. The lowest BCUT2D eigenvalue weighted by atomic mass is 10.1. The molecule has 2 rings (SSSR count). The first-order valence-corrected chi connectivity index (χ1v) is 8.10. The SMILES string of the molecule is C/C(CN(C/C(=N\O)c1ccccc1)C/C(=N/O)c1ccccc1)=N/O. The van der Waals surface area contributed by atoms with E-state index in [0.717, 1.165) is 11.1 Å². The lowest BCUT2D eigenvalue weighted by Gasteiger charge is -2.22. The number of rotatable bonds is 8. The number of oxime groups is 3. The van der Waals surface area contributed by atoms with Gasteiger partial charge >= 0.3 is 0 Å². The second-order valence-corrected chi connectivity index (χ2v) is 5.81. The lowest BCUT2D eigenvalue weighted by molar-refractivity contribution is 0.301. The van der Waals surface area contributed by atoms with Crippen molar-refractivity contribution in [2.45, 2.75) is 6.92 Å². The van der Waals surface area contributed by atoms with E-state index in [2.05, 4.69) is 15.5 Å². The molecule has 2 aromatic rings. The van der Waals surface area contributed by atoms with Gasteiger partial charge in [0.1, 0.15) is 11.4 Å². The molecule has 0 saturated heterocycles. The summed E-state index contributed by atoms with van der Waals surface area (Å²) in [4.78, 5) is 1.86. The normalized spacial score (nSPS) is 13.2. The molecule has 7 heteroatoms. The van der Waals surface area contributed by atoms with E-state index in [-0.39, 0.29) is 13.1 Å². The molecular weight excluding hydrogens is 332 g/mol. The third kappa shape index (κ3) is 5.42. The summed E-state index contributed by atoms with van der Waals surface area (Å²) in [7, 11) is 0. The zero-order chi connectivity index (χ0) is 18.8. The fraction of sp³-hybridized carbons (Fsp3) is 0.211. The van der Waals surface area contributed by atoms with Crippen LogP contribution in [-0.4, -0.2) is 57.3 Å². The maximum Gasteiger partial charge on any atom is 0.101 e. The van der Waals surface area contributed by atoms with Crippen molar-refractivity contribution in [2.75, 3.05) is 19.6 Å². The largest absolute Gasteiger partial charge is 0.411 e. The predicted octanol–water partition coefficient (Wildman–Crippen LogP) is 2.90. The van der Waals surface area contributed by atoms with Gasteiger partial charge in [-0.25, -0.2) is 0 Å². The van der Waals surface area contributed by atoms with E-state index in [1.165, 1.54) is 0 Å². The Labute approximate surface area is 152 Å². The first-order chi connectivity index (χ1) is 12.7. The lowest BCUT2D eigenvalue weighted by Crippen LogP contribution is -2.38. The number of nitrogens with zero attached hydrogens (tertiary/aromatic N) is 4. The number of benzene rings is 2. The molecule has 7 nitrogen and oxygen atoms in total. The van der Waals surface area contributed by atoms with E-state index in [9.17, 15) is 10.4 Å². The van der Waals surface area contributed by atoms with Crippen LogP contribution in [0.1, 0.15) is 18.1 Å². The van der Waals surface area contributed by atoms with Crippen LogP contribution in [0.25, 0.3) is 0 Å². The summed E-state index contributed by atoms with van der Waals surface area (Å²) < 4.78 is 0. The molecule has 136 valence electrons. The van der Waals surface area contributed by atoms with Crippen molar-refractivity contribution in [3.63, 3.8) is 0 Å². The molecule has 0 aliphatic rings. The van der Waals surface area contributed by atoms with Crippen molar-refractivity contribution in [1.29, 1.82) is 0 Å². The summed E-state index contributed by atoms with van der Waals surface area (Å²) >= 11 is 0. The van der Waals surface area contributed by atoms with Gasteiger partial charge in [0.25, 0.3) is 0 Å². The second-order valence-electron chi connectivity index (χ2n) is 5.81. The van der Waals surface area contributed by atoms with Crippen LogP contribution in [0.3, 0.4) is 0 Å². The van der Waals surface area contributed by atoms with Crippen LogP contribution in [0.4, 0.5) is 0 Å². The topological polar surface area (TPSA) is 101 Å². The van der Waals surface area contributed by atoms with Crippen LogP contribution in [0.2, 0.25) is 0 Å². The van der Waals surface area contributed by atoms with Gasteiger partial charge in [-0.1, -0.05) is 76.1 Å². The monoisotopic (exact) mass is 354 g/mol. The Bertz CT molecular complexity index is 716. The first-order valence-electron chi connectivity index (χ1n) is 8.10. The number of hydrogen-bond donors (Lipinski definition) is 3. The molecule has 0 radical (unpaired) electrons. The molecule has 26 heavy (non-hydrogen) atoms. The molecule has 0 atom stereocenters. The molecule has 3 N–H and O–H groups in total. The summed E-state index contributed by atoms with van der Waals surface area (Å²) in [6.45, 7) is 2.55. The Morgan fingerprint density at radius 3 is 1.46 bits per heavy atom. The van der Waals surface area contributed by atoms with Crippen molar-refractivity contribution < 1.29 is 15.6 Å². The minimum absolute atomic E-state index is 0.277. The van der Waals surface area contributed by atoms with Crippen molar-refractivity contribution in [3.05, 3.63) is 71.8 Å². The van der Waals surface area contributed by atoms with Crippen LogP contribution in [0.15, 0.2) is 76.1 Å². The molecule has 0 aliphatic carbocycles. The van der Waals surface area contributed by atoms with Crippen LogP contribution >= 0.6 is 0 Å². The Morgan fingerprint density at radius 2 is 1.12 bits per heavy atom. The van der Waals surface area contributed by atoms with E-state index in [0.29, 0.717) is 23.7 Å². The van der Waals surface area contributed by atoms with Gasteiger partial charge in [0.15, 0.2) is 0 Å². The Hall–Kier alpha value is -3.19. The van der Waals surface area contributed by atoms with Crippen LogP contribution in [-0.2, 0) is 0 Å². The van der Waals surface area contributed by atoms with Gasteiger partial charge in [0, 0.05) is 30.8 Å². The Balaban J connectivity index is 2.23. The second kappa shape index (κ2) is 9.95. The maximum absolute atomic E-state index is 9.43. The van der Waals surface area contributed by atoms with Crippen LogP contribution in [0.5, 0.6) is 0 Å². The van der Waals surface area contributed by atoms with Gasteiger partial charge in [0.05, 0.1) is 5.71 Å². The highest BCUT2D eigenvalue weighted by Crippen LogP contribution is 2.07. The number of hydrogen-bond acceptors (Lipinski definition) is 7. The molecule has 2 aromatic carbocycles. The zero-order valence-corrected chi connectivity index (χ0v) is 14.5. The van der Waals surface area contributed by atoms with E-state index >= 15 is 0 Å². The molecule has 0 saturated carbocycles. The quantitative estimate of drug-likeness (QED) is 0.385. The molecule has 0 aliphatic heterocycles. The summed E-state index contributed by atoms with van der Waals surface area (Å²) in [6.07, 6.45) is 0. The van der Waals surface area contributed by atoms with Gasteiger partial charge in [-0.15, -0.1) is 0 Å². The van der Waals surface area contributed by atoms with Gasteiger partial charge in [0.2, 0.25) is 0 Å². The van der Waals surface area contributed by atoms with Gasteiger partial charge < -0.3 is 15.6 Å². The van der Waals surface area contributed by atoms with Crippen molar-refractivity contribution in [1.82, 2.24) is 4.90 Å². The summed E-state index contributed by atoms with van der Waals surface area (Å²) in [5.41, 5.74) is 2.96. The third-order valence-corrected chi connectivity index (χ3v) is 3.83. The summed E-state index contributed by atoms with van der Waals surface area (Å²) in [6, 6.07) is 18.6.